The highest BCUT2D eigenvalue weighted by Gasteiger charge is 2.44. The number of aliphatic hydroxyl groups is 5. The third-order valence-electron chi connectivity index (χ3n) is 10.9. The molecule has 0 aromatic rings. The Kier molecular flexibility index (Phi) is 35.3. The Bertz CT molecular complexity index is 972. The molecule has 7 unspecified atom stereocenters. The summed E-state index contributed by atoms with van der Waals surface area (Å²) in [5.74, 6) is -0.192. The first kappa shape index (κ1) is 52.4. The highest BCUT2D eigenvalue weighted by Crippen LogP contribution is 2.22. The van der Waals surface area contributed by atoms with Gasteiger partial charge in [-0.05, 0) is 57.8 Å². The lowest BCUT2D eigenvalue weighted by atomic mass is 9.99. The number of hydrogen-bond donors (Lipinski definition) is 6. The summed E-state index contributed by atoms with van der Waals surface area (Å²) in [6.45, 7) is 3.74. The van der Waals surface area contributed by atoms with Gasteiger partial charge in [0.2, 0.25) is 5.91 Å². The van der Waals surface area contributed by atoms with Crippen LogP contribution in [0.5, 0.6) is 0 Å². The molecule has 9 nitrogen and oxygen atoms in total. The van der Waals surface area contributed by atoms with Crippen LogP contribution in [0.25, 0.3) is 0 Å². The minimum Gasteiger partial charge on any atom is -0.394 e. The molecule has 328 valence electrons. The van der Waals surface area contributed by atoms with Crippen molar-refractivity contribution in [2.75, 3.05) is 13.2 Å². The lowest BCUT2D eigenvalue weighted by Gasteiger charge is -2.40. The van der Waals surface area contributed by atoms with E-state index >= 15 is 0 Å². The first-order chi connectivity index (χ1) is 27.3. The van der Waals surface area contributed by atoms with E-state index in [2.05, 4.69) is 43.5 Å². The SMILES string of the molecule is CCCCCCCCC/C=C/CC/C=C/C(O)C(COC1OC(CO)C(O)C(O)C1O)NC(=O)CCCCCCCCC/C=C\CCCCCCCCCCC. The van der Waals surface area contributed by atoms with E-state index in [9.17, 15) is 30.3 Å². The van der Waals surface area contributed by atoms with Crippen molar-refractivity contribution >= 4 is 5.91 Å². The fourth-order valence-corrected chi connectivity index (χ4v) is 7.17. The Morgan fingerprint density at radius 1 is 0.589 bits per heavy atom. The molecule has 6 N–H and O–H groups in total. The topological polar surface area (TPSA) is 149 Å². The summed E-state index contributed by atoms with van der Waals surface area (Å²) in [6.07, 6.45) is 39.0. The minimum atomic E-state index is -1.57. The van der Waals surface area contributed by atoms with E-state index in [4.69, 9.17) is 9.47 Å². The third-order valence-corrected chi connectivity index (χ3v) is 10.9. The van der Waals surface area contributed by atoms with E-state index < -0.39 is 49.5 Å². The molecule has 1 saturated heterocycles. The number of ether oxygens (including phenoxy) is 2. The van der Waals surface area contributed by atoms with Crippen LogP contribution in [0.15, 0.2) is 36.5 Å². The second-order valence-electron chi connectivity index (χ2n) is 16.2. The fraction of sp³-hybridized carbons (Fsp3) is 0.851. The van der Waals surface area contributed by atoms with Gasteiger partial charge in [-0.2, -0.15) is 0 Å². The van der Waals surface area contributed by atoms with Gasteiger partial charge in [0.1, 0.15) is 24.4 Å². The van der Waals surface area contributed by atoms with E-state index in [-0.39, 0.29) is 12.5 Å². The van der Waals surface area contributed by atoms with Crippen LogP contribution in [-0.2, 0) is 14.3 Å². The van der Waals surface area contributed by atoms with Gasteiger partial charge in [-0.25, -0.2) is 0 Å². The summed E-state index contributed by atoms with van der Waals surface area (Å²) in [6, 6.07) is -0.821. The molecule has 9 heteroatoms. The molecule has 0 spiro atoms. The number of carbonyl (C=O) groups excluding carboxylic acids is 1. The van der Waals surface area contributed by atoms with Gasteiger partial charge in [0, 0.05) is 6.42 Å². The summed E-state index contributed by atoms with van der Waals surface area (Å²) in [7, 11) is 0. The molecule has 1 fully saturated rings. The van der Waals surface area contributed by atoms with Gasteiger partial charge in [0.05, 0.1) is 25.4 Å². The zero-order valence-corrected chi connectivity index (χ0v) is 35.9. The molecule has 1 aliphatic rings. The third kappa shape index (κ3) is 27.9. The van der Waals surface area contributed by atoms with Crippen molar-refractivity contribution in [3.05, 3.63) is 36.5 Å². The standard InChI is InChI=1S/C47H87NO8/c1-3-5-7-9-11-13-15-17-18-19-20-21-22-23-25-27-29-31-33-35-37-43(51)48-40(39-55-47-46(54)45(53)44(52)42(38-49)56-47)41(50)36-34-32-30-28-26-24-16-14-12-10-8-6-4-2/h20-21,26,28,34,36,40-42,44-47,49-50,52-54H,3-19,22-25,27,29-33,35,37-39H2,1-2H3,(H,48,51)/b21-20-,28-26+,36-34+. The number of nitrogens with one attached hydrogen (secondary N) is 1. The van der Waals surface area contributed by atoms with Crippen molar-refractivity contribution in [1.82, 2.24) is 5.32 Å². The smallest absolute Gasteiger partial charge is 0.220 e. The van der Waals surface area contributed by atoms with E-state index in [0.717, 1.165) is 51.4 Å². The summed E-state index contributed by atoms with van der Waals surface area (Å²) in [5.41, 5.74) is 0. The quantitative estimate of drug-likeness (QED) is 0.0268. The first-order valence-corrected chi connectivity index (χ1v) is 23.2. The average Bonchev–Trinajstić information content (AvgIpc) is 3.20. The number of allylic oxidation sites excluding steroid dienone is 5. The fourth-order valence-electron chi connectivity index (χ4n) is 7.17. The first-order valence-electron chi connectivity index (χ1n) is 23.2. The molecule has 7 atom stereocenters. The molecule has 0 aliphatic carbocycles. The van der Waals surface area contributed by atoms with Crippen LogP contribution in [0.1, 0.15) is 200 Å². The van der Waals surface area contributed by atoms with Crippen LogP contribution in [0.2, 0.25) is 0 Å². The summed E-state index contributed by atoms with van der Waals surface area (Å²) in [5, 5.41) is 54.1. The van der Waals surface area contributed by atoms with Crippen molar-refractivity contribution in [1.29, 1.82) is 0 Å². The lowest BCUT2D eigenvalue weighted by Crippen LogP contribution is -2.60. The molecule has 0 aromatic carbocycles. The maximum absolute atomic E-state index is 12.9. The van der Waals surface area contributed by atoms with Gasteiger partial charge < -0.3 is 40.3 Å². The summed E-state index contributed by atoms with van der Waals surface area (Å²) in [4.78, 5) is 12.9. The van der Waals surface area contributed by atoms with Gasteiger partial charge in [-0.15, -0.1) is 0 Å². The normalized spacial score (nSPS) is 21.4. The van der Waals surface area contributed by atoms with E-state index in [1.54, 1.807) is 6.08 Å². The molecule has 1 aliphatic heterocycles. The second kappa shape index (κ2) is 37.7. The molecule has 1 amide bonds. The summed E-state index contributed by atoms with van der Waals surface area (Å²) >= 11 is 0. The second-order valence-corrected chi connectivity index (χ2v) is 16.2. The summed E-state index contributed by atoms with van der Waals surface area (Å²) < 4.78 is 11.2. The van der Waals surface area contributed by atoms with E-state index in [1.165, 1.54) is 128 Å². The molecule has 0 saturated carbocycles. The average molecular weight is 794 g/mol. The maximum Gasteiger partial charge on any atom is 0.220 e. The predicted molar refractivity (Wildman–Crippen MR) is 230 cm³/mol. The molecular formula is C47H87NO8. The molecule has 0 aromatic heterocycles. The molecular weight excluding hydrogens is 707 g/mol. The molecule has 1 rings (SSSR count). The Morgan fingerprint density at radius 3 is 1.50 bits per heavy atom. The molecule has 0 radical (unpaired) electrons. The molecule has 56 heavy (non-hydrogen) atoms. The monoisotopic (exact) mass is 794 g/mol. The number of carbonyl (C=O) groups is 1. The Hall–Kier alpha value is -1.59. The zero-order valence-electron chi connectivity index (χ0n) is 35.9. The minimum absolute atomic E-state index is 0.192. The number of aliphatic hydroxyl groups excluding tert-OH is 5. The van der Waals surface area contributed by atoms with Crippen LogP contribution in [-0.4, -0.2) is 87.5 Å². The Balaban J connectivity index is 2.35. The maximum atomic E-state index is 12.9. The number of unbranched alkanes of at least 4 members (excludes halogenated alkanes) is 24. The van der Waals surface area contributed by atoms with Gasteiger partial charge in [0.25, 0.3) is 0 Å². The van der Waals surface area contributed by atoms with Crippen LogP contribution < -0.4 is 5.32 Å². The van der Waals surface area contributed by atoms with Crippen LogP contribution in [0.4, 0.5) is 0 Å². The van der Waals surface area contributed by atoms with E-state index in [1.807, 2.05) is 6.08 Å². The van der Waals surface area contributed by atoms with Crippen LogP contribution >= 0.6 is 0 Å². The number of hydrogen-bond acceptors (Lipinski definition) is 8. The van der Waals surface area contributed by atoms with Crippen molar-refractivity contribution < 1.29 is 39.8 Å². The predicted octanol–water partition coefficient (Wildman–Crippen LogP) is 9.67. The molecule has 1 heterocycles. The largest absolute Gasteiger partial charge is 0.394 e. The number of rotatable bonds is 38. The highest BCUT2D eigenvalue weighted by molar-refractivity contribution is 5.76. The van der Waals surface area contributed by atoms with Crippen molar-refractivity contribution in [2.45, 2.75) is 243 Å². The Labute approximate surface area is 342 Å². The van der Waals surface area contributed by atoms with Crippen molar-refractivity contribution in [3.8, 4) is 0 Å². The van der Waals surface area contributed by atoms with Crippen molar-refractivity contribution in [2.24, 2.45) is 0 Å². The van der Waals surface area contributed by atoms with Gasteiger partial charge in [-0.3, -0.25) is 4.79 Å². The van der Waals surface area contributed by atoms with Crippen LogP contribution in [0.3, 0.4) is 0 Å². The lowest BCUT2D eigenvalue weighted by molar-refractivity contribution is -0.302. The van der Waals surface area contributed by atoms with Gasteiger partial charge >= 0.3 is 0 Å². The Morgan fingerprint density at radius 2 is 1.02 bits per heavy atom. The van der Waals surface area contributed by atoms with Crippen LogP contribution in [0, 0.1) is 0 Å². The van der Waals surface area contributed by atoms with E-state index in [0.29, 0.717) is 6.42 Å². The zero-order chi connectivity index (χ0) is 40.9. The molecule has 0 bridgehead atoms. The highest BCUT2D eigenvalue weighted by atomic mass is 16.7. The van der Waals surface area contributed by atoms with Gasteiger partial charge in [-0.1, -0.05) is 172 Å². The number of amides is 1. The van der Waals surface area contributed by atoms with Gasteiger partial charge in [0.15, 0.2) is 6.29 Å². The van der Waals surface area contributed by atoms with Crippen molar-refractivity contribution in [3.63, 3.8) is 0 Å².